The average Bonchev–Trinajstić information content (AvgIpc) is 2.85. The van der Waals surface area contributed by atoms with E-state index >= 15 is 0 Å². The van der Waals surface area contributed by atoms with E-state index in [1.807, 2.05) is 19.9 Å². The van der Waals surface area contributed by atoms with Crippen molar-refractivity contribution in [2.75, 3.05) is 12.9 Å². The van der Waals surface area contributed by atoms with Crippen LogP contribution in [0.5, 0.6) is 5.88 Å². The fourth-order valence-electron chi connectivity index (χ4n) is 1.88. The summed E-state index contributed by atoms with van der Waals surface area (Å²) in [5.74, 6) is 2.46. The van der Waals surface area contributed by atoms with Crippen molar-refractivity contribution in [3.8, 4) is 5.88 Å². The highest BCUT2D eigenvalue weighted by Crippen LogP contribution is 2.19. The van der Waals surface area contributed by atoms with Crippen LogP contribution < -0.4 is 10.1 Å². The Labute approximate surface area is 133 Å². The molecule has 118 valence electrons. The number of hydrogen-bond donors (Lipinski definition) is 1. The Bertz CT molecular complexity index is 623. The number of rotatable bonds is 7. The van der Waals surface area contributed by atoms with Crippen LogP contribution >= 0.6 is 11.8 Å². The summed E-state index contributed by atoms with van der Waals surface area (Å²) in [6.45, 7) is 4.25. The first kappa shape index (κ1) is 16.4. The SMILES string of the molecule is COc1cc(CNC(=O)CSCc2c(C)noc2C)ccn1. The number of methoxy groups -OCH3 is 1. The van der Waals surface area contributed by atoms with Gasteiger partial charge in [0.2, 0.25) is 11.8 Å². The van der Waals surface area contributed by atoms with Gasteiger partial charge in [0.05, 0.1) is 18.6 Å². The van der Waals surface area contributed by atoms with Crippen LogP contribution in [0.4, 0.5) is 0 Å². The second-order valence-electron chi connectivity index (χ2n) is 4.78. The third-order valence-electron chi connectivity index (χ3n) is 3.16. The van der Waals surface area contributed by atoms with Crippen LogP contribution in [0.25, 0.3) is 0 Å². The molecule has 2 aromatic heterocycles. The molecule has 2 aromatic rings. The van der Waals surface area contributed by atoms with Gasteiger partial charge in [-0.2, -0.15) is 0 Å². The molecule has 0 saturated heterocycles. The molecule has 22 heavy (non-hydrogen) atoms. The zero-order valence-corrected chi connectivity index (χ0v) is 13.7. The van der Waals surface area contributed by atoms with E-state index in [4.69, 9.17) is 9.26 Å². The molecular formula is C15H19N3O3S. The summed E-state index contributed by atoms with van der Waals surface area (Å²) in [4.78, 5) is 15.9. The van der Waals surface area contributed by atoms with E-state index in [1.165, 1.54) is 0 Å². The van der Waals surface area contributed by atoms with Crippen molar-refractivity contribution in [2.24, 2.45) is 0 Å². The van der Waals surface area contributed by atoms with Gasteiger partial charge in [0, 0.05) is 30.1 Å². The molecule has 0 atom stereocenters. The molecule has 0 aliphatic heterocycles. The van der Waals surface area contributed by atoms with Crippen molar-refractivity contribution in [3.63, 3.8) is 0 Å². The summed E-state index contributed by atoms with van der Waals surface area (Å²) < 4.78 is 10.1. The van der Waals surface area contributed by atoms with Gasteiger partial charge in [0.15, 0.2) is 0 Å². The average molecular weight is 321 g/mol. The van der Waals surface area contributed by atoms with Gasteiger partial charge in [-0.05, 0) is 25.5 Å². The maximum absolute atomic E-state index is 11.9. The number of amides is 1. The molecule has 6 nitrogen and oxygen atoms in total. The van der Waals surface area contributed by atoms with Gasteiger partial charge in [-0.25, -0.2) is 4.98 Å². The lowest BCUT2D eigenvalue weighted by Gasteiger charge is -2.06. The van der Waals surface area contributed by atoms with E-state index in [-0.39, 0.29) is 5.91 Å². The van der Waals surface area contributed by atoms with Crippen LogP contribution in [0.3, 0.4) is 0 Å². The molecule has 0 fully saturated rings. The van der Waals surface area contributed by atoms with Crippen LogP contribution in [0.1, 0.15) is 22.6 Å². The molecule has 0 spiro atoms. The molecule has 2 rings (SSSR count). The molecule has 1 N–H and O–H groups in total. The van der Waals surface area contributed by atoms with Crippen LogP contribution in [0, 0.1) is 13.8 Å². The monoisotopic (exact) mass is 321 g/mol. The number of ether oxygens (including phenoxy) is 1. The molecule has 0 unspecified atom stereocenters. The number of pyridine rings is 1. The maximum atomic E-state index is 11.9. The number of hydrogen-bond acceptors (Lipinski definition) is 6. The van der Waals surface area contributed by atoms with Gasteiger partial charge in [-0.1, -0.05) is 5.16 Å². The third kappa shape index (κ3) is 4.49. The molecule has 0 aliphatic rings. The minimum absolute atomic E-state index is 0.00691. The number of nitrogens with one attached hydrogen (secondary N) is 1. The quantitative estimate of drug-likeness (QED) is 0.843. The highest BCUT2D eigenvalue weighted by Gasteiger charge is 2.10. The van der Waals surface area contributed by atoms with Gasteiger partial charge < -0.3 is 14.6 Å². The molecule has 0 aromatic carbocycles. The summed E-state index contributed by atoms with van der Waals surface area (Å²) in [5, 5.41) is 6.78. The minimum Gasteiger partial charge on any atom is -0.481 e. The number of aromatic nitrogens is 2. The van der Waals surface area contributed by atoms with Crippen molar-refractivity contribution < 1.29 is 14.1 Å². The van der Waals surface area contributed by atoms with Crippen LogP contribution in [-0.2, 0) is 17.1 Å². The normalized spacial score (nSPS) is 10.5. The first-order valence-electron chi connectivity index (χ1n) is 6.85. The second kappa shape index (κ2) is 7.84. The largest absolute Gasteiger partial charge is 0.481 e. The smallest absolute Gasteiger partial charge is 0.230 e. The van der Waals surface area contributed by atoms with Gasteiger partial charge in [0.1, 0.15) is 5.76 Å². The number of aryl methyl sites for hydroxylation is 2. The van der Waals surface area contributed by atoms with Crippen molar-refractivity contribution in [2.45, 2.75) is 26.1 Å². The number of nitrogens with zero attached hydrogens (tertiary/aromatic N) is 2. The first-order chi connectivity index (χ1) is 10.6. The van der Waals surface area contributed by atoms with Gasteiger partial charge in [-0.3, -0.25) is 4.79 Å². The lowest BCUT2D eigenvalue weighted by atomic mass is 10.2. The fraction of sp³-hybridized carbons (Fsp3) is 0.400. The van der Waals surface area contributed by atoms with Gasteiger partial charge in [-0.15, -0.1) is 11.8 Å². The summed E-state index contributed by atoms with van der Waals surface area (Å²) in [7, 11) is 1.57. The molecule has 2 heterocycles. The van der Waals surface area contributed by atoms with Gasteiger partial charge >= 0.3 is 0 Å². The lowest BCUT2D eigenvalue weighted by molar-refractivity contribution is -0.118. The summed E-state index contributed by atoms with van der Waals surface area (Å²) in [6.07, 6.45) is 1.66. The Balaban J connectivity index is 1.74. The van der Waals surface area contributed by atoms with Crippen molar-refractivity contribution in [1.82, 2.24) is 15.5 Å². The zero-order valence-electron chi connectivity index (χ0n) is 12.9. The molecule has 0 saturated carbocycles. The van der Waals surface area contributed by atoms with E-state index in [0.717, 1.165) is 28.3 Å². The van der Waals surface area contributed by atoms with E-state index in [9.17, 15) is 4.79 Å². The number of carbonyl (C=O) groups excluding carboxylic acids is 1. The lowest BCUT2D eigenvalue weighted by Crippen LogP contribution is -2.24. The van der Waals surface area contributed by atoms with E-state index in [0.29, 0.717) is 18.2 Å². The van der Waals surface area contributed by atoms with E-state index in [2.05, 4.69) is 15.5 Å². The summed E-state index contributed by atoms with van der Waals surface area (Å²) in [6, 6.07) is 3.65. The zero-order chi connectivity index (χ0) is 15.9. The predicted molar refractivity (Wildman–Crippen MR) is 84.8 cm³/mol. The third-order valence-corrected chi connectivity index (χ3v) is 4.12. The van der Waals surface area contributed by atoms with Crippen molar-refractivity contribution in [1.29, 1.82) is 0 Å². The van der Waals surface area contributed by atoms with Crippen LogP contribution in [0.2, 0.25) is 0 Å². The maximum Gasteiger partial charge on any atom is 0.230 e. The Morgan fingerprint density at radius 1 is 1.45 bits per heavy atom. The minimum atomic E-state index is -0.00691. The molecule has 7 heteroatoms. The Kier molecular flexibility index (Phi) is 5.83. The summed E-state index contributed by atoms with van der Waals surface area (Å²) in [5.41, 5.74) is 2.90. The van der Waals surface area contributed by atoms with Crippen LogP contribution in [-0.4, -0.2) is 28.9 Å². The molecule has 0 aliphatic carbocycles. The first-order valence-corrected chi connectivity index (χ1v) is 8.00. The van der Waals surface area contributed by atoms with E-state index in [1.54, 1.807) is 31.1 Å². The molecule has 0 radical (unpaired) electrons. The van der Waals surface area contributed by atoms with E-state index < -0.39 is 0 Å². The molecule has 1 amide bonds. The number of thioether (sulfide) groups is 1. The van der Waals surface area contributed by atoms with Crippen molar-refractivity contribution in [3.05, 3.63) is 40.9 Å². The predicted octanol–water partition coefficient (Wildman–Crippen LogP) is 2.24. The van der Waals surface area contributed by atoms with Crippen LogP contribution in [0.15, 0.2) is 22.9 Å². The number of carbonyl (C=O) groups is 1. The Morgan fingerprint density at radius 2 is 2.27 bits per heavy atom. The Morgan fingerprint density at radius 3 is 2.95 bits per heavy atom. The second-order valence-corrected chi connectivity index (χ2v) is 5.76. The standard InChI is InChI=1S/C15H19N3O3S/c1-10-13(11(2)21-18-10)8-22-9-14(19)17-7-12-4-5-16-15(6-12)20-3/h4-6H,7-9H2,1-3H3,(H,17,19). The fourth-order valence-corrected chi connectivity index (χ4v) is 2.88. The highest BCUT2D eigenvalue weighted by atomic mass is 32.2. The molecule has 0 bridgehead atoms. The highest BCUT2D eigenvalue weighted by molar-refractivity contribution is 7.99. The molecular weight excluding hydrogens is 302 g/mol. The van der Waals surface area contributed by atoms with Gasteiger partial charge in [0.25, 0.3) is 0 Å². The van der Waals surface area contributed by atoms with Crippen molar-refractivity contribution >= 4 is 17.7 Å². The Hall–Kier alpha value is -2.02. The topological polar surface area (TPSA) is 77.2 Å². The summed E-state index contributed by atoms with van der Waals surface area (Å²) >= 11 is 1.54.